The van der Waals surface area contributed by atoms with Crippen molar-refractivity contribution in [1.82, 2.24) is 4.90 Å². The fourth-order valence-corrected chi connectivity index (χ4v) is 3.22. The SMILES string of the molecule is CC1CCCC(C)N1C(C)c1ccc(O)cc1F. The fourth-order valence-electron chi connectivity index (χ4n) is 3.22. The molecule has 0 radical (unpaired) electrons. The number of hydrogen-bond acceptors (Lipinski definition) is 2. The smallest absolute Gasteiger partial charge is 0.131 e. The van der Waals surface area contributed by atoms with Gasteiger partial charge in [0.1, 0.15) is 11.6 Å². The summed E-state index contributed by atoms with van der Waals surface area (Å²) in [6.45, 7) is 6.47. The van der Waals surface area contributed by atoms with Crippen LogP contribution < -0.4 is 0 Å². The van der Waals surface area contributed by atoms with Gasteiger partial charge >= 0.3 is 0 Å². The number of likely N-dealkylation sites (tertiary alicyclic amines) is 1. The first-order valence-electron chi connectivity index (χ1n) is 6.76. The number of rotatable bonds is 2. The molecule has 1 saturated heterocycles. The van der Waals surface area contributed by atoms with E-state index in [0.29, 0.717) is 17.6 Å². The van der Waals surface area contributed by atoms with E-state index < -0.39 is 0 Å². The first kappa shape index (κ1) is 13.3. The van der Waals surface area contributed by atoms with Crippen molar-refractivity contribution in [3.63, 3.8) is 0 Å². The van der Waals surface area contributed by atoms with E-state index in [0.717, 1.165) is 0 Å². The maximum Gasteiger partial charge on any atom is 0.131 e. The van der Waals surface area contributed by atoms with Gasteiger partial charge in [-0.15, -0.1) is 0 Å². The van der Waals surface area contributed by atoms with E-state index in [-0.39, 0.29) is 17.6 Å². The van der Waals surface area contributed by atoms with Crippen LogP contribution in [0.4, 0.5) is 4.39 Å². The van der Waals surface area contributed by atoms with E-state index >= 15 is 0 Å². The fraction of sp³-hybridized carbons (Fsp3) is 0.600. The average Bonchev–Trinajstić information content (AvgIpc) is 2.28. The minimum Gasteiger partial charge on any atom is -0.508 e. The number of nitrogens with zero attached hydrogens (tertiary/aromatic N) is 1. The Balaban J connectivity index is 2.26. The van der Waals surface area contributed by atoms with Gasteiger partial charge in [-0.1, -0.05) is 12.5 Å². The van der Waals surface area contributed by atoms with Gasteiger partial charge in [-0.05, 0) is 39.7 Å². The Kier molecular flexibility index (Phi) is 3.91. The molecule has 18 heavy (non-hydrogen) atoms. The van der Waals surface area contributed by atoms with Gasteiger partial charge in [0.05, 0.1) is 0 Å². The van der Waals surface area contributed by atoms with Crippen LogP contribution in [-0.4, -0.2) is 22.1 Å². The van der Waals surface area contributed by atoms with Gasteiger partial charge in [0.15, 0.2) is 0 Å². The van der Waals surface area contributed by atoms with Crippen LogP contribution in [0.1, 0.15) is 51.6 Å². The molecule has 100 valence electrons. The molecule has 1 N–H and O–H groups in total. The molecule has 3 unspecified atom stereocenters. The van der Waals surface area contributed by atoms with Crippen LogP contribution in [0, 0.1) is 5.82 Å². The van der Waals surface area contributed by atoms with Crippen LogP contribution in [0.15, 0.2) is 18.2 Å². The van der Waals surface area contributed by atoms with E-state index in [2.05, 4.69) is 18.7 Å². The zero-order valence-corrected chi connectivity index (χ0v) is 11.4. The van der Waals surface area contributed by atoms with E-state index in [9.17, 15) is 9.50 Å². The van der Waals surface area contributed by atoms with Crippen LogP contribution in [-0.2, 0) is 0 Å². The van der Waals surface area contributed by atoms with Crippen molar-refractivity contribution in [2.24, 2.45) is 0 Å². The number of halogens is 1. The van der Waals surface area contributed by atoms with Crippen molar-refractivity contribution in [3.8, 4) is 5.75 Å². The second-order valence-corrected chi connectivity index (χ2v) is 5.46. The van der Waals surface area contributed by atoms with Crippen LogP contribution >= 0.6 is 0 Å². The van der Waals surface area contributed by atoms with Crippen LogP contribution in [0.25, 0.3) is 0 Å². The summed E-state index contributed by atoms with van der Waals surface area (Å²) in [5, 5.41) is 9.28. The quantitative estimate of drug-likeness (QED) is 0.863. The minimum absolute atomic E-state index is 0.0109. The zero-order chi connectivity index (χ0) is 13.3. The molecule has 1 aliphatic rings. The second kappa shape index (κ2) is 5.27. The molecule has 0 aromatic heterocycles. The lowest BCUT2D eigenvalue weighted by atomic mass is 9.93. The molecule has 1 aliphatic heterocycles. The summed E-state index contributed by atoms with van der Waals surface area (Å²) >= 11 is 0. The molecular weight excluding hydrogens is 229 g/mol. The van der Waals surface area contributed by atoms with Gasteiger partial charge in [-0.3, -0.25) is 4.90 Å². The Morgan fingerprint density at radius 3 is 2.44 bits per heavy atom. The van der Waals surface area contributed by atoms with Crippen LogP contribution in [0.2, 0.25) is 0 Å². The molecule has 0 bridgehead atoms. The first-order chi connectivity index (χ1) is 8.50. The van der Waals surface area contributed by atoms with Gasteiger partial charge < -0.3 is 5.11 Å². The van der Waals surface area contributed by atoms with E-state index in [1.807, 2.05) is 6.92 Å². The van der Waals surface area contributed by atoms with Crippen molar-refractivity contribution in [1.29, 1.82) is 0 Å². The number of hydrogen-bond donors (Lipinski definition) is 1. The summed E-state index contributed by atoms with van der Waals surface area (Å²) in [7, 11) is 0. The van der Waals surface area contributed by atoms with E-state index in [1.54, 1.807) is 12.1 Å². The molecule has 1 fully saturated rings. The van der Waals surface area contributed by atoms with Gasteiger partial charge in [0.25, 0.3) is 0 Å². The standard InChI is InChI=1S/C15H22FNO/c1-10-5-4-6-11(2)17(10)12(3)14-8-7-13(18)9-15(14)16/h7-12,18H,4-6H2,1-3H3. The highest BCUT2D eigenvalue weighted by Crippen LogP contribution is 2.33. The highest BCUT2D eigenvalue weighted by molar-refractivity contribution is 5.29. The number of piperidine rings is 1. The Bertz CT molecular complexity index is 411. The molecule has 3 heteroatoms. The minimum atomic E-state index is -0.313. The Hall–Kier alpha value is -1.09. The van der Waals surface area contributed by atoms with E-state index in [1.165, 1.54) is 25.3 Å². The highest BCUT2D eigenvalue weighted by Gasteiger charge is 2.30. The molecule has 0 spiro atoms. The molecule has 0 amide bonds. The molecule has 1 heterocycles. The predicted molar refractivity (Wildman–Crippen MR) is 71.1 cm³/mol. The topological polar surface area (TPSA) is 23.5 Å². The molecule has 0 saturated carbocycles. The second-order valence-electron chi connectivity index (χ2n) is 5.46. The Labute approximate surface area is 108 Å². The maximum absolute atomic E-state index is 13.9. The van der Waals surface area contributed by atoms with Crippen molar-refractivity contribution in [2.45, 2.75) is 58.2 Å². The highest BCUT2D eigenvalue weighted by atomic mass is 19.1. The van der Waals surface area contributed by atoms with Gasteiger partial charge in [-0.25, -0.2) is 4.39 Å². The Morgan fingerprint density at radius 1 is 1.28 bits per heavy atom. The molecule has 1 aromatic carbocycles. The third-order valence-electron chi connectivity index (χ3n) is 4.14. The summed E-state index contributed by atoms with van der Waals surface area (Å²) in [6, 6.07) is 5.48. The van der Waals surface area contributed by atoms with Crippen molar-refractivity contribution in [3.05, 3.63) is 29.6 Å². The molecule has 2 nitrogen and oxygen atoms in total. The largest absolute Gasteiger partial charge is 0.508 e. The van der Waals surface area contributed by atoms with Gasteiger partial charge in [0.2, 0.25) is 0 Å². The van der Waals surface area contributed by atoms with Gasteiger partial charge in [0, 0.05) is 29.8 Å². The molecular formula is C15H22FNO. The lowest BCUT2D eigenvalue weighted by Crippen LogP contribution is -2.45. The predicted octanol–water partition coefficient (Wildman–Crippen LogP) is 3.86. The van der Waals surface area contributed by atoms with Crippen molar-refractivity contribution in [2.75, 3.05) is 0 Å². The summed E-state index contributed by atoms with van der Waals surface area (Å²) in [4.78, 5) is 2.39. The summed E-state index contributed by atoms with van der Waals surface area (Å²) in [5.41, 5.74) is 0.674. The zero-order valence-electron chi connectivity index (χ0n) is 11.4. The molecule has 3 atom stereocenters. The lowest BCUT2D eigenvalue weighted by Gasteiger charge is -2.43. The monoisotopic (exact) mass is 251 g/mol. The molecule has 2 rings (SSSR count). The summed E-state index contributed by atoms with van der Waals surface area (Å²) < 4.78 is 13.9. The normalized spacial score (nSPS) is 27.1. The van der Waals surface area contributed by atoms with E-state index in [4.69, 9.17) is 0 Å². The lowest BCUT2D eigenvalue weighted by molar-refractivity contribution is 0.0607. The number of aromatic hydroxyl groups is 1. The average molecular weight is 251 g/mol. The van der Waals surface area contributed by atoms with Gasteiger partial charge in [-0.2, -0.15) is 0 Å². The number of phenolic OH excluding ortho intramolecular Hbond substituents is 1. The third-order valence-corrected chi connectivity index (χ3v) is 4.14. The summed E-state index contributed by atoms with van der Waals surface area (Å²) in [5.74, 6) is -0.323. The number of phenols is 1. The third kappa shape index (κ3) is 2.51. The van der Waals surface area contributed by atoms with Crippen LogP contribution in [0.3, 0.4) is 0 Å². The number of benzene rings is 1. The summed E-state index contributed by atoms with van der Waals surface area (Å²) in [6.07, 6.45) is 3.60. The van der Waals surface area contributed by atoms with Crippen LogP contribution in [0.5, 0.6) is 5.75 Å². The first-order valence-corrected chi connectivity index (χ1v) is 6.76. The molecule has 1 aromatic rings. The maximum atomic E-state index is 13.9. The Morgan fingerprint density at radius 2 is 1.89 bits per heavy atom. The molecule has 0 aliphatic carbocycles. The van der Waals surface area contributed by atoms with Crippen molar-refractivity contribution >= 4 is 0 Å². The van der Waals surface area contributed by atoms with Crippen molar-refractivity contribution < 1.29 is 9.50 Å².